The van der Waals surface area contributed by atoms with Crippen LogP contribution in [0.4, 0.5) is 8.78 Å². The van der Waals surface area contributed by atoms with Crippen LogP contribution in [0.15, 0.2) is 24.3 Å². The third-order valence-corrected chi connectivity index (χ3v) is 2.40. The van der Waals surface area contributed by atoms with E-state index in [4.69, 9.17) is 5.11 Å². The third kappa shape index (κ3) is 3.02. The van der Waals surface area contributed by atoms with Crippen LogP contribution in [0.3, 0.4) is 0 Å². The number of carboxylic acid groups (broad SMARTS) is 1. The lowest BCUT2D eigenvalue weighted by atomic mass is 10.0. The maximum Gasteiger partial charge on any atom is 0.335 e. The number of carboxylic acids is 1. The SMILES string of the molecule is CCCCC(F)(F)c1ccc(C(=O)O)cc1. The number of unbranched alkanes of at least 4 members (excludes halogenated alkanes) is 1. The van der Waals surface area contributed by atoms with E-state index in [9.17, 15) is 13.6 Å². The van der Waals surface area contributed by atoms with Crippen molar-refractivity contribution >= 4 is 5.97 Å². The predicted octanol–water partition coefficient (Wildman–Crippen LogP) is 3.67. The molecule has 16 heavy (non-hydrogen) atoms. The van der Waals surface area contributed by atoms with Gasteiger partial charge in [-0.1, -0.05) is 25.5 Å². The highest BCUT2D eigenvalue weighted by atomic mass is 19.3. The first kappa shape index (κ1) is 12.6. The first-order chi connectivity index (χ1) is 7.47. The van der Waals surface area contributed by atoms with Crippen LogP contribution in [0.25, 0.3) is 0 Å². The molecule has 0 aliphatic rings. The number of halogens is 2. The summed E-state index contributed by atoms with van der Waals surface area (Å²) in [7, 11) is 0. The molecule has 0 atom stereocenters. The van der Waals surface area contributed by atoms with Crippen LogP contribution in [0, 0.1) is 0 Å². The molecule has 0 fully saturated rings. The van der Waals surface area contributed by atoms with Gasteiger partial charge in [0.05, 0.1) is 5.56 Å². The Morgan fingerprint density at radius 2 is 1.88 bits per heavy atom. The van der Waals surface area contributed by atoms with E-state index >= 15 is 0 Å². The number of rotatable bonds is 5. The summed E-state index contributed by atoms with van der Waals surface area (Å²) in [6.45, 7) is 1.85. The van der Waals surface area contributed by atoms with Gasteiger partial charge in [-0.25, -0.2) is 13.6 Å². The van der Waals surface area contributed by atoms with Gasteiger partial charge in [-0.05, 0) is 18.6 Å². The van der Waals surface area contributed by atoms with E-state index < -0.39 is 11.9 Å². The molecule has 88 valence electrons. The Bertz CT molecular complexity index is 358. The van der Waals surface area contributed by atoms with Gasteiger partial charge >= 0.3 is 5.97 Å². The van der Waals surface area contributed by atoms with Gasteiger partial charge < -0.3 is 5.11 Å². The first-order valence-electron chi connectivity index (χ1n) is 5.19. The second-order valence-corrected chi connectivity index (χ2v) is 3.69. The Morgan fingerprint density at radius 3 is 2.31 bits per heavy atom. The van der Waals surface area contributed by atoms with Crippen molar-refractivity contribution in [3.63, 3.8) is 0 Å². The van der Waals surface area contributed by atoms with Crippen molar-refractivity contribution in [2.75, 3.05) is 0 Å². The number of hydrogen-bond acceptors (Lipinski definition) is 1. The van der Waals surface area contributed by atoms with E-state index in [1.165, 1.54) is 24.3 Å². The molecule has 0 heterocycles. The molecule has 0 saturated heterocycles. The van der Waals surface area contributed by atoms with Gasteiger partial charge in [0.15, 0.2) is 0 Å². The van der Waals surface area contributed by atoms with Gasteiger partial charge in [0.2, 0.25) is 0 Å². The molecule has 1 aromatic carbocycles. The molecule has 4 heteroatoms. The van der Waals surface area contributed by atoms with Crippen molar-refractivity contribution in [2.24, 2.45) is 0 Å². The van der Waals surface area contributed by atoms with Crippen molar-refractivity contribution in [2.45, 2.75) is 32.1 Å². The van der Waals surface area contributed by atoms with Crippen LogP contribution in [0.2, 0.25) is 0 Å². The van der Waals surface area contributed by atoms with E-state index in [2.05, 4.69) is 0 Å². The summed E-state index contributed by atoms with van der Waals surface area (Å²) in [5, 5.41) is 8.63. The fraction of sp³-hybridized carbons (Fsp3) is 0.417. The number of carbonyl (C=O) groups is 1. The first-order valence-corrected chi connectivity index (χ1v) is 5.19. The van der Waals surface area contributed by atoms with Crippen molar-refractivity contribution in [3.8, 4) is 0 Å². The zero-order chi connectivity index (χ0) is 12.2. The highest BCUT2D eigenvalue weighted by molar-refractivity contribution is 5.87. The lowest BCUT2D eigenvalue weighted by Gasteiger charge is -2.16. The second kappa shape index (κ2) is 5.05. The number of benzene rings is 1. The van der Waals surface area contributed by atoms with Crippen LogP contribution in [0.5, 0.6) is 0 Å². The molecule has 0 saturated carbocycles. The largest absolute Gasteiger partial charge is 0.478 e. The number of hydrogen-bond donors (Lipinski definition) is 1. The van der Waals surface area contributed by atoms with Gasteiger partial charge in [-0.2, -0.15) is 0 Å². The normalized spacial score (nSPS) is 11.4. The van der Waals surface area contributed by atoms with Crippen LogP contribution < -0.4 is 0 Å². The molecule has 1 rings (SSSR count). The minimum absolute atomic E-state index is 0.0232. The summed E-state index contributed by atoms with van der Waals surface area (Å²) >= 11 is 0. The molecule has 0 radical (unpaired) electrons. The lowest BCUT2D eigenvalue weighted by Crippen LogP contribution is -2.13. The fourth-order valence-corrected chi connectivity index (χ4v) is 1.40. The standard InChI is InChI=1S/C12H14F2O2/c1-2-3-8-12(13,14)10-6-4-9(5-7-10)11(15)16/h4-7H,2-3,8H2,1H3,(H,15,16). The fourth-order valence-electron chi connectivity index (χ4n) is 1.40. The molecule has 0 aliphatic heterocycles. The Morgan fingerprint density at radius 1 is 1.31 bits per heavy atom. The van der Waals surface area contributed by atoms with Gasteiger partial charge in [0, 0.05) is 12.0 Å². The van der Waals surface area contributed by atoms with Crippen LogP contribution in [-0.4, -0.2) is 11.1 Å². The Kier molecular flexibility index (Phi) is 3.99. The van der Waals surface area contributed by atoms with Gasteiger partial charge in [-0.3, -0.25) is 0 Å². The van der Waals surface area contributed by atoms with Gasteiger partial charge in [0.25, 0.3) is 5.92 Å². The van der Waals surface area contributed by atoms with Crippen LogP contribution in [0.1, 0.15) is 42.1 Å². The second-order valence-electron chi connectivity index (χ2n) is 3.69. The smallest absolute Gasteiger partial charge is 0.335 e. The monoisotopic (exact) mass is 228 g/mol. The van der Waals surface area contributed by atoms with Crippen molar-refractivity contribution < 1.29 is 18.7 Å². The summed E-state index contributed by atoms with van der Waals surface area (Å²) in [6.07, 6.45) is 0.965. The van der Waals surface area contributed by atoms with E-state index in [0.29, 0.717) is 12.8 Å². The molecule has 1 aromatic rings. The third-order valence-electron chi connectivity index (χ3n) is 2.40. The number of alkyl halides is 2. The Balaban J connectivity index is 2.83. The molecule has 0 amide bonds. The molecule has 0 aromatic heterocycles. The lowest BCUT2D eigenvalue weighted by molar-refractivity contribution is -0.0154. The highest BCUT2D eigenvalue weighted by Gasteiger charge is 2.30. The van der Waals surface area contributed by atoms with Crippen molar-refractivity contribution in [3.05, 3.63) is 35.4 Å². The summed E-state index contributed by atoms with van der Waals surface area (Å²) < 4.78 is 27.1. The molecule has 0 unspecified atom stereocenters. The average molecular weight is 228 g/mol. The minimum atomic E-state index is -2.87. The zero-order valence-corrected chi connectivity index (χ0v) is 9.04. The van der Waals surface area contributed by atoms with Crippen molar-refractivity contribution in [1.82, 2.24) is 0 Å². The van der Waals surface area contributed by atoms with E-state index in [-0.39, 0.29) is 17.5 Å². The topological polar surface area (TPSA) is 37.3 Å². The number of aromatic carboxylic acids is 1. The Labute approximate surface area is 92.9 Å². The van der Waals surface area contributed by atoms with E-state index in [1.54, 1.807) is 0 Å². The minimum Gasteiger partial charge on any atom is -0.478 e. The maximum absolute atomic E-state index is 13.5. The van der Waals surface area contributed by atoms with Crippen LogP contribution >= 0.6 is 0 Å². The van der Waals surface area contributed by atoms with E-state index in [0.717, 1.165) is 0 Å². The molecule has 0 spiro atoms. The van der Waals surface area contributed by atoms with Gasteiger partial charge in [-0.15, -0.1) is 0 Å². The molecule has 0 bridgehead atoms. The molecule has 1 N–H and O–H groups in total. The summed E-state index contributed by atoms with van der Waals surface area (Å²) in [4.78, 5) is 10.5. The van der Waals surface area contributed by atoms with Crippen molar-refractivity contribution in [1.29, 1.82) is 0 Å². The quantitative estimate of drug-likeness (QED) is 0.834. The average Bonchev–Trinajstić information content (AvgIpc) is 2.26. The molecular formula is C12H14F2O2. The summed E-state index contributed by atoms with van der Waals surface area (Å²) in [5.41, 5.74) is -0.0963. The molecular weight excluding hydrogens is 214 g/mol. The zero-order valence-electron chi connectivity index (χ0n) is 9.04. The summed E-state index contributed by atoms with van der Waals surface area (Å²) in [6, 6.07) is 4.77. The van der Waals surface area contributed by atoms with Gasteiger partial charge in [0.1, 0.15) is 0 Å². The summed E-state index contributed by atoms with van der Waals surface area (Å²) in [5.74, 6) is -3.98. The highest BCUT2D eigenvalue weighted by Crippen LogP contribution is 2.33. The van der Waals surface area contributed by atoms with Crippen LogP contribution in [-0.2, 0) is 5.92 Å². The van der Waals surface area contributed by atoms with E-state index in [1.807, 2.05) is 6.92 Å². The molecule has 0 aliphatic carbocycles. The maximum atomic E-state index is 13.5. The predicted molar refractivity (Wildman–Crippen MR) is 56.8 cm³/mol. The Hall–Kier alpha value is -1.45. The molecule has 2 nitrogen and oxygen atoms in total.